The third-order valence-corrected chi connectivity index (χ3v) is 4.86. The standard InChI is InChI=1S/C23H16N2O/c26-23-17-10-5-4-9-16(17)19-13-21(24-14-15-7-2-1-3-8-15)25-20-12-6-11-18(23)22(19)20/h1-13H,14H2,(H,24,25). The fraction of sp³-hybridized carbons (Fsp3) is 0.0435. The van der Waals surface area contributed by atoms with Gasteiger partial charge in [0.25, 0.3) is 0 Å². The van der Waals surface area contributed by atoms with Gasteiger partial charge in [0, 0.05) is 23.1 Å². The minimum absolute atomic E-state index is 0.0745. The molecule has 3 nitrogen and oxygen atoms in total. The van der Waals surface area contributed by atoms with Crippen molar-refractivity contribution in [3.63, 3.8) is 0 Å². The number of carbonyl (C=O) groups excluding carboxylic acids is 1. The van der Waals surface area contributed by atoms with Crippen LogP contribution in [0.5, 0.6) is 0 Å². The van der Waals surface area contributed by atoms with Gasteiger partial charge in [-0.3, -0.25) is 4.79 Å². The molecule has 5 rings (SSSR count). The first-order chi connectivity index (χ1) is 12.8. The number of anilines is 1. The Bertz CT molecular complexity index is 1150. The molecule has 0 bridgehead atoms. The van der Waals surface area contributed by atoms with Crippen LogP contribution >= 0.6 is 0 Å². The monoisotopic (exact) mass is 336 g/mol. The number of nitrogens with one attached hydrogen (secondary N) is 1. The van der Waals surface area contributed by atoms with E-state index in [0.29, 0.717) is 6.54 Å². The summed E-state index contributed by atoms with van der Waals surface area (Å²) < 4.78 is 0. The fourth-order valence-electron chi connectivity index (χ4n) is 3.63. The van der Waals surface area contributed by atoms with Crippen molar-refractivity contribution < 1.29 is 4.79 Å². The number of hydrogen-bond acceptors (Lipinski definition) is 3. The highest BCUT2D eigenvalue weighted by Crippen LogP contribution is 2.39. The molecule has 0 amide bonds. The minimum atomic E-state index is 0.0745. The van der Waals surface area contributed by atoms with Gasteiger partial charge >= 0.3 is 0 Å². The van der Waals surface area contributed by atoms with E-state index < -0.39 is 0 Å². The molecule has 124 valence electrons. The largest absolute Gasteiger partial charge is 0.366 e. The molecule has 1 aromatic heterocycles. The number of fused-ring (bicyclic) bond motifs is 2. The van der Waals surface area contributed by atoms with E-state index in [0.717, 1.165) is 39.0 Å². The van der Waals surface area contributed by atoms with Crippen LogP contribution in [-0.2, 0) is 6.54 Å². The normalized spacial score (nSPS) is 12.1. The van der Waals surface area contributed by atoms with E-state index in [9.17, 15) is 4.79 Å². The van der Waals surface area contributed by atoms with Crippen LogP contribution in [0.1, 0.15) is 21.5 Å². The van der Waals surface area contributed by atoms with Gasteiger partial charge in [-0.1, -0.05) is 66.7 Å². The number of ketones is 1. The predicted octanol–water partition coefficient (Wildman–Crippen LogP) is 5.06. The van der Waals surface area contributed by atoms with Crippen molar-refractivity contribution in [3.05, 3.63) is 95.6 Å². The molecule has 1 heterocycles. The molecule has 3 aromatic carbocycles. The summed E-state index contributed by atoms with van der Waals surface area (Å²) >= 11 is 0. The molecule has 1 aliphatic carbocycles. The predicted molar refractivity (Wildman–Crippen MR) is 104 cm³/mol. The lowest BCUT2D eigenvalue weighted by atomic mass is 9.84. The van der Waals surface area contributed by atoms with E-state index in [-0.39, 0.29) is 5.78 Å². The van der Waals surface area contributed by atoms with Crippen LogP contribution in [0.3, 0.4) is 0 Å². The molecule has 1 N–H and O–H groups in total. The zero-order valence-corrected chi connectivity index (χ0v) is 14.1. The molecule has 0 radical (unpaired) electrons. The Morgan fingerprint density at radius 2 is 1.46 bits per heavy atom. The first-order valence-corrected chi connectivity index (χ1v) is 8.67. The first kappa shape index (κ1) is 14.8. The molecular formula is C23H16N2O. The van der Waals surface area contributed by atoms with Crippen LogP contribution in [0.15, 0.2) is 78.9 Å². The lowest BCUT2D eigenvalue weighted by Crippen LogP contribution is -2.11. The summed E-state index contributed by atoms with van der Waals surface area (Å²) in [4.78, 5) is 17.6. The Kier molecular flexibility index (Phi) is 3.32. The van der Waals surface area contributed by atoms with Gasteiger partial charge in [0.2, 0.25) is 0 Å². The number of aromatic nitrogens is 1. The molecule has 3 heteroatoms. The maximum atomic E-state index is 12.8. The molecule has 0 fully saturated rings. The third kappa shape index (κ3) is 2.29. The summed E-state index contributed by atoms with van der Waals surface area (Å²) in [5.41, 5.74) is 5.58. The molecule has 0 saturated heterocycles. The second-order valence-corrected chi connectivity index (χ2v) is 6.47. The van der Waals surface area contributed by atoms with E-state index in [4.69, 9.17) is 4.98 Å². The lowest BCUT2D eigenvalue weighted by Gasteiger charge is -2.20. The van der Waals surface area contributed by atoms with Gasteiger partial charge in [-0.25, -0.2) is 4.98 Å². The minimum Gasteiger partial charge on any atom is -0.366 e. The average molecular weight is 336 g/mol. The zero-order chi connectivity index (χ0) is 17.5. The molecule has 26 heavy (non-hydrogen) atoms. The van der Waals surface area contributed by atoms with E-state index in [1.165, 1.54) is 5.56 Å². The first-order valence-electron chi connectivity index (χ1n) is 8.67. The van der Waals surface area contributed by atoms with Crippen molar-refractivity contribution in [1.29, 1.82) is 0 Å². The Morgan fingerprint density at radius 3 is 2.31 bits per heavy atom. The second kappa shape index (κ2) is 5.81. The van der Waals surface area contributed by atoms with Crippen LogP contribution in [-0.4, -0.2) is 10.8 Å². The van der Waals surface area contributed by atoms with Crippen molar-refractivity contribution in [2.75, 3.05) is 5.32 Å². The maximum absolute atomic E-state index is 12.8. The van der Waals surface area contributed by atoms with Gasteiger partial charge in [-0.2, -0.15) is 0 Å². The van der Waals surface area contributed by atoms with Crippen LogP contribution < -0.4 is 5.32 Å². The summed E-state index contributed by atoms with van der Waals surface area (Å²) in [5, 5.41) is 4.36. The number of pyridine rings is 1. The molecule has 0 aliphatic heterocycles. The van der Waals surface area contributed by atoms with E-state index in [2.05, 4.69) is 23.5 Å². The molecule has 0 saturated carbocycles. The van der Waals surface area contributed by atoms with Crippen LogP contribution in [0.4, 0.5) is 5.82 Å². The molecule has 0 spiro atoms. The van der Waals surface area contributed by atoms with Crippen LogP contribution in [0.25, 0.3) is 22.0 Å². The van der Waals surface area contributed by atoms with E-state index in [1.54, 1.807) is 0 Å². The van der Waals surface area contributed by atoms with Crippen molar-refractivity contribution in [2.24, 2.45) is 0 Å². The van der Waals surface area contributed by atoms with Gasteiger partial charge in [-0.05, 0) is 28.8 Å². The summed E-state index contributed by atoms with van der Waals surface area (Å²) in [6.07, 6.45) is 0. The van der Waals surface area contributed by atoms with Gasteiger partial charge in [0.05, 0.1) is 5.52 Å². The number of carbonyl (C=O) groups is 1. The summed E-state index contributed by atoms with van der Waals surface area (Å²) in [6.45, 7) is 0.707. The molecule has 4 aromatic rings. The number of nitrogens with zero attached hydrogens (tertiary/aromatic N) is 1. The van der Waals surface area contributed by atoms with Crippen molar-refractivity contribution >= 4 is 22.5 Å². The van der Waals surface area contributed by atoms with Crippen molar-refractivity contribution in [2.45, 2.75) is 6.54 Å². The van der Waals surface area contributed by atoms with Crippen LogP contribution in [0.2, 0.25) is 0 Å². The average Bonchev–Trinajstić information content (AvgIpc) is 2.71. The highest BCUT2D eigenvalue weighted by atomic mass is 16.1. The number of hydrogen-bond donors (Lipinski definition) is 1. The molecule has 0 atom stereocenters. The number of rotatable bonds is 3. The highest BCUT2D eigenvalue weighted by Gasteiger charge is 2.25. The summed E-state index contributed by atoms with van der Waals surface area (Å²) in [5.74, 6) is 0.892. The maximum Gasteiger partial charge on any atom is 0.194 e. The second-order valence-electron chi connectivity index (χ2n) is 6.47. The Hall–Kier alpha value is -3.46. The Morgan fingerprint density at radius 1 is 0.731 bits per heavy atom. The Labute approximate surface area is 151 Å². The van der Waals surface area contributed by atoms with E-state index >= 15 is 0 Å². The highest BCUT2D eigenvalue weighted by molar-refractivity contribution is 6.25. The lowest BCUT2D eigenvalue weighted by molar-refractivity contribution is 0.104. The van der Waals surface area contributed by atoms with Gasteiger partial charge in [0.15, 0.2) is 5.78 Å². The number of benzene rings is 3. The summed E-state index contributed by atoms with van der Waals surface area (Å²) in [7, 11) is 0. The fourth-order valence-corrected chi connectivity index (χ4v) is 3.63. The summed E-state index contributed by atoms with van der Waals surface area (Å²) in [6, 6.07) is 25.9. The van der Waals surface area contributed by atoms with Gasteiger partial charge in [0.1, 0.15) is 5.82 Å². The zero-order valence-electron chi connectivity index (χ0n) is 14.1. The SMILES string of the molecule is O=C1c2ccccc2-c2cc(NCc3ccccc3)nc3cccc1c23. The van der Waals surface area contributed by atoms with Gasteiger partial charge in [-0.15, -0.1) is 0 Å². The van der Waals surface area contributed by atoms with E-state index in [1.807, 2.05) is 60.7 Å². The van der Waals surface area contributed by atoms with Crippen molar-refractivity contribution in [3.8, 4) is 11.1 Å². The van der Waals surface area contributed by atoms with Crippen molar-refractivity contribution in [1.82, 2.24) is 4.98 Å². The van der Waals surface area contributed by atoms with Crippen LogP contribution in [0, 0.1) is 0 Å². The Balaban J connectivity index is 1.66. The topological polar surface area (TPSA) is 42.0 Å². The molecule has 1 aliphatic rings. The molecule has 0 unspecified atom stereocenters. The van der Waals surface area contributed by atoms with Gasteiger partial charge < -0.3 is 5.32 Å². The smallest absolute Gasteiger partial charge is 0.194 e. The third-order valence-electron chi connectivity index (χ3n) is 4.86. The quantitative estimate of drug-likeness (QED) is 0.501. The molecular weight excluding hydrogens is 320 g/mol.